The molecule has 0 aliphatic carbocycles. The molecule has 1 unspecified atom stereocenters. The van der Waals surface area contributed by atoms with Crippen molar-refractivity contribution in [2.24, 2.45) is 4.99 Å². The fourth-order valence-corrected chi connectivity index (χ4v) is 5.99. The zero-order valence-corrected chi connectivity index (χ0v) is 26.6. The van der Waals surface area contributed by atoms with E-state index >= 15 is 0 Å². The molecule has 5 aromatic rings. The quantitative estimate of drug-likeness (QED) is 0.132. The molecule has 2 heterocycles. The molecule has 1 atom stereocenters. The number of hydrogen-bond acceptors (Lipinski definition) is 9. The highest BCUT2D eigenvalue weighted by atomic mass is 32.2. The predicted molar refractivity (Wildman–Crippen MR) is 184 cm³/mol. The lowest BCUT2D eigenvalue weighted by atomic mass is 10.1. The number of benzene rings is 4. The summed E-state index contributed by atoms with van der Waals surface area (Å²) < 4.78 is 16.7. The zero-order chi connectivity index (χ0) is 33.1. The molecule has 0 bridgehead atoms. The van der Waals surface area contributed by atoms with Crippen molar-refractivity contribution in [1.29, 1.82) is 0 Å². The van der Waals surface area contributed by atoms with Gasteiger partial charge in [0.15, 0.2) is 5.17 Å². The van der Waals surface area contributed by atoms with Crippen molar-refractivity contribution in [3.8, 4) is 11.5 Å². The van der Waals surface area contributed by atoms with Gasteiger partial charge >= 0.3 is 5.97 Å². The minimum Gasteiger partial charge on any atom is -0.467 e. The molecule has 1 fully saturated rings. The molecule has 2 N–H and O–H groups in total. The van der Waals surface area contributed by atoms with Gasteiger partial charge in [-0.3, -0.25) is 24.6 Å². The van der Waals surface area contributed by atoms with Crippen LogP contribution in [0.3, 0.4) is 0 Å². The van der Waals surface area contributed by atoms with Crippen LogP contribution in [-0.4, -0.2) is 40.9 Å². The van der Waals surface area contributed by atoms with E-state index < -0.39 is 11.2 Å². The number of amidine groups is 1. The number of amides is 2. The average molecular weight is 661 g/mol. The summed E-state index contributed by atoms with van der Waals surface area (Å²) in [5.41, 5.74) is 2.85. The van der Waals surface area contributed by atoms with Gasteiger partial charge in [-0.25, -0.2) is 4.99 Å². The average Bonchev–Trinajstić information content (AvgIpc) is 3.73. The molecule has 0 radical (unpaired) electrons. The van der Waals surface area contributed by atoms with Crippen LogP contribution in [0.1, 0.15) is 22.1 Å². The summed E-state index contributed by atoms with van der Waals surface area (Å²) in [6.45, 7) is 0.239. The summed E-state index contributed by atoms with van der Waals surface area (Å²) >= 11 is 1.35. The van der Waals surface area contributed by atoms with Crippen LogP contribution in [0.2, 0.25) is 0 Å². The number of nitrogens with one attached hydrogen (secondary N) is 2. The van der Waals surface area contributed by atoms with Crippen molar-refractivity contribution in [1.82, 2.24) is 10.2 Å². The van der Waals surface area contributed by atoms with E-state index in [2.05, 4.69) is 10.6 Å². The Morgan fingerprint density at radius 3 is 2.33 bits per heavy atom. The van der Waals surface area contributed by atoms with Crippen LogP contribution in [0.25, 0.3) is 0 Å². The Kier molecular flexibility index (Phi) is 10.6. The number of furan rings is 1. The van der Waals surface area contributed by atoms with Gasteiger partial charge in [0.25, 0.3) is 0 Å². The van der Waals surface area contributed by atoms with Crippen LogP contribution in [-0.2, 0) is 32.3 Å². The van der Waals surface area contributed by atoms with E-state index in [1.54, 1.807) is 29.4 Å². The van der Waals surface area contributed by atoms with Crippen LogP contribution < -0.4 is 15.4 Å². The van der Waals surface area contributed by atoms with E-state index in [9.17, 15) is 14.4 Å². The third kappa shape index (κ3) is 8.78. The third-order valence-corrected chi connectivity index (χ3v) is 8.39. The molecule has 48 heavy (non-hydrogen) atoms. The Bertz CT molecular complexity index is 1870. The molecule has 2 amide bonds. The van der Waals surface area contributed by atoms with E-state index in [0.717, 1.165) is 11.1 Å². The summed E-state index contributed by atoms with van der Waals surface area (Å²) in [7, 11) is 0. The SMILES string of the molecule is O=C(CNCC(=O)OCc1ccccc1)Nc1ccc(C2SC(=Nc3cccc(Oc4ccccc4)c3)N(Cc3ccco3)C2=O)cc1. The summed E-state index contributed by atoms with van der Waals surface area (Å²) in [5, 5.41) is 5.58. The first-order valence-electron chi connectivity index (χ1n) is 15.2. The van der Waals surface area contributed by atoms with Gasteiger partial charge in [0, 0.05) is 11.8 Å². The maximum absolute atomic E-state index is 13.7. The summed E-state index contributed by atoms with van der Waals surface area (Å²) in [5.74, 6) is 1.07. The lowest BCUT2D eigenvalue weighted by Crippen LogP contribution is -2.32. The maximum Gasteiger partial charge on any atom is 0.320 e. The van der Waals surface area contributed by atoms with Crippen molar-refractivity contribution in [3.05, 3.63) is 144 Å². The lowest BCUT2D eigenvalue weighted by molar-refractivity contribution is -0.143. The molecule has 0 saturated carbocycles. The first-order valence-corrected chi connectivity index (χ1v) is 16.1. The molecule has 1 aliphatic rings. The molecule has 10 nitrogen and oxygen atoms in total. The number of nitrogens with zero attached hydrogens (tertiary/aromatic N) is 2. The fraction of sp³-hybridized carbons (Fsp3) is 0.135. The maximum atomic E-state index is 13.7. The van der Waals surface area contributed by atoms with Gasteiger partial charge in [0.2, 0.25) is 11.8 Å². The van der Waals surface area contributed by atoms with Crippen LogP contribution >= 0.6 is 11.8 Å². The van der Waals surface area contributed by atoms with Gasteiger partial charge in [0.05, 0.1) is 31.6 Å². The monoisotopic (exact) mass is 660 g/mol. The number of carbonyl (C=O) groups excluding carboxylic acids is 3. The highest BCUT2D eigenvalue weighted by Crippen LogP contribution is 2.42. The van der Waals surface area contributed by atoms with Crippen LogP contribution in [0.15, 0.2) is 137 Å². The summed E-state index contributed by atoms with van der Waals surface area (Å²) in [6.07, 6.45) is 1.57. The van der Waals surface area contributed by atoms with E-state index in [-0.39, 0.29) is 38.1 Å². The second-order valence-corrected chi connectivity index (χ2v) is 11.8. The highest BCUT2D eigenvalue weighted by Gasteiger charge is 2.39. The molecule has 1 aliphatic heterocycles. The second-order valence-electron chi connectivity index (χ2n) is 10.7. The molecule has 6 rings (SSSR count). The number of aliphatic imine (C=N–C) groups is 1. The van der Waals surface area contributed by atoms with Crippen molar-refractivity contribution in [2.75, 3.05) is 18.4 Å². The van der Waals surface area contributed by atoms with E-state index in [4.69, 9.17) is 18.9 Å². The van der Waals surface area contributed by atoms with Crippen molar-refractivity contribution >= 4 is 46.1 Å². The summed E-state index contributed by atoms with van der Waals surface area (Å²) in [6, 6.07) is 36.9. The van der Waals surface area contributed by atoms with Gasteiger partial charge < -0.3 is 19.2 Å². The van der Waals surface area contributed by atoms with E-state index in [0.29, 0.717) is 33.8 Å². The first kappa shape index (κ1) is 32.3. The lowest BCUT2D eigenvalue weighted by Gasteiger charge is -2.15. The smallest absolute Gasteiger partial charge is 0.320 e. The Morgan fingerprint density at radius 2 is 1.58 bits per heavy atom. The Morgan fingerprint density at radius 1 is 0.833 bits per heavy atom. The Labute approximate surface area is 281 Å². The molecular weight excluding hydrogens is 628 g/mol. The zero-order valence-electron chi connectivity index (χ0n) is 25.8. The van der Waals surface area contributed by atoms with Gasteiger partial charge in [-0.05, 0) is 59.7 Å². The number of hydrogen-bond donors (Lipinski definition) is 2. The Hall–Kier alpha value is -5.65. The van der Waals surface area contributed by atoms with Gasteiger partial charge in [0.1, 0.15) is 29.1 Å². The van der Waals surface area contributed by atoms with Gasteiger partial charge in [-0.15, -0.1) is 0 Å². The molecule has 0 spiro atoms. The molecule has 242 valence electrons. The topological polar surface area (TPSA) is 122 Å². The standard InChI is InChI=1S/C37H32N4O6S/c42-33(22-38-23-34(43)46-25-26-9-3-1-4-10-26)39-28-18-16-27(17-19-28)35-36(44)41(24-32-15-8-20-45-32)37(48-35)40-29-11-7-14-31(21-29)47-30-12-5-2-6-13-30/h1-21,35,38H,22-25H2,(H,39,42). The minimum atomic E-state index is -0.546. The molecule has 11 heteroatoms. The molecule has 1 aromatic heterocycles. The van der Waals surface area contributed by atoms with Gasteiger partial charge in [-0.2, -0.15) is 0 Å². The molecule has 1 saturated heterocycles. The molecular formula is C37H32N4O6S. The fourth-order valence-electron chi connectivity index (χ4n) is 4.82. The van der Waals surface area contributed by atoms with Crippen molar-refractivity contribution in [3.63, 3.8) is 0 Å². The number of carbonyl (C=O) groups is 3. The third-order valence-electron chi connectivity index (χ3n) is 7.15. The highest BCUT2D eigenvalue weighted by molar-refractivity contribution is 8.15. The number of ether oxygens (including phenoxy) is 2. The number of rotatable bonds is 13. The van der Waals surface area contributed by atoms with E-state index in [1.165, 1.54) is 11.8 Å². The first-order chi connectivity index (χ1) is 23.5. The van der Waals surface area contributed by atoms with Crippen molar-refractivity contribution < 1.29 is 28.3 Å². The minimum absolute atomic E-state index is 0.0711. The van der Waals surface area contributed by atoms with Gasteiger partial charge in [-0.1, -0.05) is 78.5 Å². The normalized spacial score (nSPS) is 15.0. The van der Waals surface area contributed by atoms with Crippen LogP contribution in [0.5, 0.6) is 11.5 Å². The number of anilines is 1. The Balaban J connectivity index is 1.07. The molecule has 4 aromatic carbocycles. The summed E-state index contributed by atoms with van der Waals surface area (Å²) in [4.78, 5) is 44.7. The number of esters is 1. The predicted octanol–water partition coefficient (Wildman–Crippen LogP) is 6.85. The second kappa shape index (κ2) is 15.8. The number of para-hydroxylation sites is 1. The van der Waals surface area contributed by atoms with Crippen LogP contribution in [0, 0.1) is 0 Å². The number of thioether (sulfide) groups is 1. The van der Waals surface area contributed by atoms with Crippen molar-refractivity contribution in [2.45, 2.75) is 18.4 Å². The van der Waals surface area contributed by atoms with E-state index in [1.807, 2.05) is 103 Å². The largest absolute Gasteiger partial charge is 0.467 e. The van der Waals surface area contributed by atoms with Crippen LogP contribution in [0.4, 0.5) is 11.4 Å².